The van der Waals surface area contributed by atoms with Gasteiger partial charge in [0.1, 0.15) is 0 Å². The third-order valence-electron chi connectivity index (χ3n) is 4.16. The fourth-order valence-electron chi connectivity index (χ4n) is 2.81. The largest absolute Gasteiger partial charge is 0.368 e. The number of nitrogens with zero attached hydrogens (tertiary/aromatic N) is 2. The average molecular weight is 367 g/mol. The van der Waals surface area contributed by atoms with E-state index in [1.807, 2.05) is 52.0 Å². The molecule has 0 aliphatic carbocycles. The third-order valence-corrected chi connectivity index (χ3v) is 4.48. The van der Waals surface area contributed by atoms with Crippen molar-refractivity contribution in [2.75, 3.05) is 31.1 Å². The topological polar surface area (TPSA) is 64.7 Å². The Morgan fingerprint density at radius 1 is 1.12 bits per heavy atom. The highest BCUT2D eigenvalue weighted by Crippen LogP contribution is 2.26. The number of rotatable bonds is 3. The van der Waals surface area contributed by atoms with Crippen LogP contribution in [0.3, 0.4) is 0 Å². The molecule has 2 rings (SSSR count). The molecule has 1 aliphatic rings. The second kappa shape index (κ2) is 8.06. The molecular weight excluding hydrogens is 340 g/mol. The van der Waals surface area contributed by atoms with Gasteiger partial charge in [0.25, 0.3) is 0 Å². The van der Waals surface area contributed by atoms with Crippen LogP contribution in [0.15, 0.2) is 24.3 Å². The van der Waals surface area contributed by atoms with Gasteiger partial charge in [-0.1, -0.05) is 23.7 Å². The summed E-state index contributed by atoms with van der Waals surface area (Å²) in [4.78, 5) is 28.4. The molecule has 1 fully saturated rings. The van der Waals surface area contributed by atoms with Gasteiger partial charge in [0.2, 0.25) is 5.91 Å². The Kier molecular flexibility index (Phi) is 6.30. The molecule has 1 heterocycles. The number of amides is 3. The van der Waals surface area contributed by atoms with Crippen molar-refractivity contribution >= 4 is 29.2 Å². The number of hydrogen-bond acceptors (Lipinski definition) is 4. The second-order valence-corrected chi connectivity index (χ2v) is 7.75. The van der Waals surface area contributed by atoms with Crippen molar-refractivity contribution in [3.8, 4) is 0 Å². The van der Waals surface area contributed by atoms with Gasteiger partial charge in [-0.15, -0.1) is 0 Å². The number of anilines is 1. The molecule has 1 aromatic carbocycles. The summed E-state index contributed by atoms with van der Waals surface area (Å²) in [5.74, 6) is -0.284. The molecule has 0 saturated carbocycles. The quantitative estimate of drug-likeness (QED) is 0.862. The zero-order valence-corrected chi connectivity index (χ0v) is 16.1. The lowest BCUT2D eigenvalue weighted by Crippen LogP contribution is -2.56. The second-order valence-electron chi connectivity index (χ2n) is 7.34. The number of carbonyl (C=O) groups is 2. The molecule has 0 unspecified atom stereocenters. The zero-order valence-electron chi connectivity index (χ0n) is 15.3. The van der Waals surface area contributed by atoms with E-state index < -0.39 is 6.03 Å². The molecule has 0 spiro atoms. The first-order valence-electron chi connectivity index (χ1n) is 8.54. The molecule has 0 bridgehead atoms. The maximum atomic E-state index is 12.3. The average Bonchev–Trinajstić information content (AvgIpc) is 2.53. The van der Waals surface area contributed by atoms with E-state index in [0.717, 1.165) is 36.9 Å². The Bertz CT molecular complexity index is 622. The van der Waals surface area contributed by atoms with Crippen molar-refractivity contribution in [2.24, 2.45) is 0 Å². The van der Waals surface area contributed by atoms with Crippen molar-refractivity contribution < 1.29 is 9.59 Å². The zero-order chi connectivity index (χ0) is 18.6. The van der Waals surface area contributed by atoms with Gasteiger partial charge in [0.05, 0.1) is 16.8 Å². The van der Waals surface area contributed by atoms with E-state index in [4.69, 9.17) is 11.6 Å². The molecule has 25 heavy (non-hydrogen) atoms. The molecule has 3 amide bonds. The standard InChI is InChI=1S/C18H27ClN4O2/c1-13(16(24)20-17(25)21-18(2,3)4)22-9-11-23(12-10-22)15-8-6-5-7-14(15)19/h5-8,13H,9-12H2,1-4H3,(H2,20,21,24,25)/t13-/m0/s1. The van der Waals surface area contributed by atoms with Gasteiger partial charge >= 0.3 is 6.03 Å². The molecule has 138 valence electrons. The van der Waals surface area contributed by atoms with E-state index in [0.29, 0.717) is 0 Å². The highest BCUT2D eigenvalue weighted by molar-refractivity contribution is 6.33. The van der Waals surface area contributed by atoms with Gasteiger partial charge in [-0.3, -0.25) is 15.0 Å². The summed E-state index contributed by atoms with van der Waals surface area (Å²) in [7, 11) is 0. The molecule has 1 atom stereocenters. The number of nitrogens with one attached hydrogen (secondary N) is 2. The molecule has 6 nitrogen and oxygen atoms in total. The van der Waals surface area contributed by atoms with E-state index in [1.165, 1.54) is 0 Å². The van der Waals surface area contributed by atoms with Crippen LogP contribution in [0, 0.1) is 0 Å². The Balaban J connectivity index is 1.86. The monoisotopic (exact) mass is 366 g/mol. The summed E-state index contributed by atoms with van der Waals surface area (Å²) in [6.45, 7) is 10.5. The van der Waals surface area contributed by atoms with Gasteiger partial charge in [-0.2, -0.15) is 0 Å². The molecule has 2 N–H and O–H groups in total. The van der Waals surface area contributed by atoms with Crippen LogP contribution in [0.4, 0.5) is 10.5 Å². The predicted molar refractivity (Wildman–Crippen MR) is 101 cm³/mol. The summed E-state index contributed by atoms with van der Waals surface area (Å²) in [6, 6.07) is 6.95. The molecule has 1 saturated heterocycles. The number of hydrogen-bond donors (Lipinski definition) is 2. The fraction of sp³-hybridized carbons (Fsp3) is 0.556. The van der Waals surface area contributed by atoms with Crippen LogP contribution in [0.25, 0.3) is 0 Å². The molecule has 0 aromatic heterocycles. The molecule has 0 radical (unpaired) electrons. The Hall–Kier alpha value is -1.79. The van der Waals surface area contributed by atoms with Crippen LogP contribution in [-0.2, 0) is 4.79 Å². The minimum atomic E-state index is -0.459. The maximum absolute atomic E-state index is 12.3. The van der Waals surface area contributed by atoms with Gasteiger partial charge < -0.3 is 10.2 Å². The maximum Gasteiger partial charge on any atom is 0.321 e. The summed E-state index contributed by atoms with van der Waals surface area (Å²) >= 11 is 6.25. The van der Waals surface area contributed by atoms with E-state index in [9.17, 15) is 9.59 Å². The molecular formula is C18H27ClN4O2. The van der Waals surface area contributed by atoms with E-state index in [2.05, 4.69) is 20.4 Å². The first kappa shape index (κ1) is 19.5. The lowest BCUT2D eigenvalue weighted by Gasteiger charge is -2.38. The van der Waals surface area contributed by atoms with E-state index >= 15 is 0 Å². The van der Waals surface area contributed by atoms with Crippen molar-refractivity contribution in [1.82, 2.24) is 15.5 Å². The van der Waals surface area contributed by atoms with Crippen molar-refractivity contribution in [3.63, 3.8) is 0 Å². The van der Waals surface area contributed by atoms with Gasteiger partial charge in [0, 0.05) is 31.7 Å². The van der Waals surface area contributed by atoms with Crippen LogP contribution in [0.5, 0.6) is 0 Å². The number of piperazine rings is 1. The highest BCUT2D eigenvalue weighted by atomic mass is 35.5. The highest BCUT2D eigenvalue weighted by Gasteiger charge is 2.27. The first-order chi connectivity index (χ1) is 11.7. The van der Waals surface area contributed by atoms with Crippen molar-refractivity contribution in [2.45, 2.75) is 39.3 Å². The Morgan fingerprint density at radius 2 is 1.72 bits per heavy atom. The number of urea groups is 1. The molecule has 1 aliphatic heterocycles. The smallest absolute Gasteiger partial charge is 0.321 e. The van der Waals surface area contributed by atoms with E-state index in [1.54, 1.807) is 0 Å². The van der Waals surface area contributed by atoms with Crippen LogP contribution in [0.1, 0.15) is 27.7 Å². The summed E-state index contributed by atoms with van der Waals surface area (Å²) in [5.41, 5.74) is 0.638. The van der Waals surface area contributed by atoms with Gasteiger partial charge in [0.15, 0.2) is 0 Å². The lowest BCUT2D eigenvalue weighted by molar-refractivity contribution is -0.124. The number of imide groups is 1. The summed E-state index contributed by atoms with van der Waals surface area (Å²) in [6.07, 6.45) is 0. The molecule has 7 heteroatoms. The fourth-order valence-corrected chi connectivity index (χ4v) is 3.07. The van der Waals surface area contributed by atoms with Crippen LogP contribution in [0.2, 0.25) is 5.02 Å². The minimum absolute atomic E-state index is 0.284. The Morgan fingerprint density at radius 3 is 2.28 bits per heavy atom. The van der Waals surface area contributed by atoms with Crippen LogP contribution >= 0.6 is 11.6 Å². The van der Waals surface area contributed by atoms with Gasteiger partial charge in [-0.05, 0) is 39.8 Å². The van der Waals surface area contributed by atoms with Crippen LogP contribution < -0.4 is 15.5 Å². The summed E-state index contributed by atoms with van der Waals surface area (Å²) < 4.78 is 0. The van der Waals surface area contributed by atoms with Crippen LogP contribution in [-0.4, -0.2) is 54.6 Å². The van der Waals surface area contributed by atoms with Crippen molar-refractivity contribution in [3.05, 3.63) is 29.3 Å². The summed E-state index contributed by atoms with van der Waals surface area (Å²) in [5, 5.41) is 5.89. The van der Waals surface area contributed by atoms with Gasteiger partial charge in [-0.25, -0.2) is 4.79 Å². The number of benzene rings is 1. The number of carbonyl (C=O) groups excluding carboxylic acids is 2. The normalized spacial score (nSPS) is 17.1. The first-order valence-corrected chi connectivity index (χ1v) is 8.92. The predicted octanol–water partition coefficient (Wildman–Crippen LogP) is 2.47. The van der Waals surface area contributed by atoms with E-state index in [-0.39, 0.29) is 17.5 Å². The number of halogens is 1. The Labute approximate surface area is 154 Å². The SMILES string of the molecule is C[C@@H](C(=O)NC(=O)NC(C)(C)C)N1CCN(c2ccccc2Cl)CC1. The third kappa shape index (κ3) is 5.61. The van der Waals surface area contributed by atoms with Crippen molar-refractivity contribution in [1.29, 1.82) is 0 Å². The minimum Gasteiger partial charge on any atom is -0.368 e. The number of para-hydroxylation sites is 1. The molecule has 1 aromatic rings. The lowest BCUT2D eigenvalue weighted by atomic mass is 10.1.